The van der Waals surface area contributed by atoms with Crippen molar-refractivity contribution >= 4 is 28.3 Å². The molecule has 0 saturated carbocycles. The minimum absolute atomic E-state index is 0.0879. The number of carbonyl (C=O) groups excluding carboxylic acids is 2. The maximum Gasteiger partial charge on any atom is 0.227 e. The highest BCUT2D eigenvalue weighted by Crippen LogP contribution is 2.25. The quantitative estimate of drug-likeness (QED) is 0.688. The lowest BCUT2D eigenvalue weighted by molar-refractivity contribution is -0.130. The molecule has 4 rings (SSSR count). The average molecular weight is 393 g/mol. The molecule has 1 saturated heterocycles. The van der Waals surface area contributed by atoms with Gasteiger partial charge in [0.05, 0.1) is 12.1 Å². The molecule has 0 aliphatic carbocycles. The van der Waals surface area contributed by atoms with Gasteiger partial charge in [0.1, 0.15) is 5.82 Å². The number of anilines is 1. The molecule has 150 valence electrons. The lowest BCUT2D eigenvalue weighted by atomic mass is 10.1. The van der Waals surface area contributed by atoms with E-state index < -0.39 is 5.82 Å². The van der Waals surface area contributed by atoms with Gasteiger partial charge >= 0.3 is 0 Å². The number of hydrogen-bond donors (Lipinski definition) is 1. The van der Waals surface area contributed by atoms with Gasteiger partial charge in [-0.1, -0.05) is 18.2 Å². The minimum atomic E-state index is -0.396. The minimum Gasteiger partial charge on any atom is -0.366 e. The fraction of sp³-hybridized carbons (Fsp3) is 0.304. The SMILES string of the molecule is CC(=O)c1ccc(N2CCN(C(=O)Cc3c(C)[nH]c4ccccc34)CC2)c(F)c1. The molecule has 0 bridgehead atoms. The number of rotatable bonds is 4. The summed E-state index contributed by atoms with van der Waals surface area (Å²) in [5.74, 6) is -0.463. The number of nitrogens with zero attached hydrogens (tertiary/aromatic N) is 2. The molecule has 3 aromatic rings. The van der Waals surface area contributed by atoms with E-state index in [4.69, 9.17) is 0 Å². The Hall–Kier alpha value is -3.15. The summed E-state index contributed by atoms with van der Waals surface area (Å²) >= 11 is 0. The predicted octanol–water partition coefficient (Wildman–Crippen LogP) is 3.71. The Morgan fingerprint density at radius 1 is 1.07 bits per heavy atom. The van der Waals surface area contributed by atoms with Gasteiger partial charge in [0, 0.05) is 48.3 Å². The number of piperazine rings is 1. The summed E-state index contributed by atoms with van der Waals surface area (Å²) in [7, 11) is 0. The first kappa shape index (κ1) is 19.2. The fourth-order valence-corrected chi connectivity index (χ4v) is 4.00. The number of benzene rings is 2. The van der Waals surface area contributed by atoms with Gasteiger partial charge in [-0.2, -0.15) is 0 Å². The van der Waals surface area contributed by atoms with Gasteiger partial charge in [0.15, 0.2) is 5.78 Å². The highest BCUT2D eigenvalue weighted by Gasteiger charge is 2.24. The summed E-state index contributed by atoms with van der Waals surface area (Å²) in [6.45, 7) is 5.65. The second-order valence-corrected chi connectivity index (χ2v) is 7.54. The van der Waals surface area contributed by atoms with E-state index in [1.807, 2.05) is 41.0 Å². The van der Waals surface area contributed by atoms with Crippen molar-refractivity contribution in [2.75, 3.05) is 31.1 Å². The number of aryl methyl sites for hydroxylation is 1. The van der Waals surface area contributed by atoms with Crippen LogP contribution in [0.5, 0.6) is 0 Å². The maximum absolute atomic E-state index is 14.4. The smallest absolute Gasteiger partial charge is 0.227 e. The van der Waals surface area contributed by atoms with E-state index in [9.17, 15) is 14.0 Å². The lowest BCUT2D eigenvalue weighted by Crippen LogP contribution is -2.49. The number of H-pyrrole nitrogens is 1. The van der Waals surface area contributed by atoms with Crippen LogP contribution in [0.25, 0.3) is 10.9 Å². The molecule has 1 aromatic heterocycles. The van der Waals surface area contributed by atoms with Crippen molar-refractivity contribution in [2.24, 2.45) is 0 Å². The number of para-hydroxylation sites is 1. The number of carbonyl (C=O) groups is 2. The molecule has 0 atom stereocenters. The first-order valence-corrected chi connectivity index (χ1v) is 9.83. The second kappa shape index (κ2) is 7.70. The van der Waals surface area contributed by atoms with Crippen molar-refractivity contribution in [1.29, 1.82) is 0 Å². The number of hydrogen-bond acceptors (Lipinski definition) is 3. The Labute approximate surface area is 169 Å². The third-order valence-electron chi connectivity index (χ3n) is 5.68. The van der Waals surface area contributed by atoms with Gasteiger partial charge in [0.2, 0.25) is 5.91 Å². The molecule has 29 heavy (non-hydrogen) atoms. The Bertz CT molecular complexity index is 1080. The molecule has 6 heteroatoms. The molecule has 1 aliphatic heterocycles. The zero-order valence-corrected chi connectivity index (χ0v) is 16.7. The van der Waals surface area contributed by atoms with Crippen LogP contribution in [0.15, 0.2) is 42.5 Å². The Kier molecular flexibility index (Phi) is 5.09. The van der Waals surface area contributed by atoms with Crippen molar-refractivity contribution < 1.29 is 14.0 Å². The van der Waals surface area contributed by atoms with E-state index in [1.54, 1.807) is 12.1 Å². The molecule has 1 amide bonds. The summed E-state index contributed by atoms with van der Waals surface area (Å²) in [4.78, 5) is 31.4. The van der Waals surface area contributed by atoms with Gasteiger partial charge in [-0.25, -0.2) is 4.39 Å². The molecule has 5 nitrogen and oxygen atoms in total. The van der Waals surface area contributed by atoms with Crippen LogP contribution >= 0.6 is 0 Å². The van der Waals surface area contributed by atoms with Gasteiger partial charge in [-0.15, -0.1) is 0 Å². The van der Waals surface area contributed by atoms with Crippen molar-refractivity contribution in [1.82, 2.24) is 9.88 Å². The number of amides is 1. The Balaban J connectivity index is 1.42. The first-order chi connectivity index (χ1) is 13.9. The molecule has 1 aliphatic rings. The van der Waals surface area contributed by atoms with Crippen molar-refractivity contribution in [3.63, 3.8) is 0 Å². The molecular weight excluding hydrogens is 369 g/mol. The number of ketones is 1. The molecule has 1 N–H and O–H groups in total. The average Bonchev–Trinajstić information content (AvgIpc) is 3.03. The van der Waals surface area contributed by atoms with E-state index in [2.05, 4.69) is 4.98 Å². The van der Waals surface area contributed by atoms with Gasteiger partial charge in [-0.3, -0.25) is 9.59 Å². The normalized spacial score (nSPS) is 14.4. The summed E-state index contributed by atoms with van der Waals surface area (Å²) in [5.41, 5.74) is 3.95. The zero-order valence-electron chi connectivity index (χ0n) is 16.7. The van der Waals surface area contributed by atoms with E-state index in [-0.39, 0.29) is 11.7 Å². The van der Waals surface area contributed by atoms with Crippen LogP contribution in [0.2, 0.25) is 0 Å². The van der Waals surface area contributed by atoms with Gasteiger partial charge in [-0.05, 0) is 43.7 Å². The lowest BCUT2D eigenvalue weighted by Gasteiger charge is -2.36. The van der Waals surface area contributed by atoms with Crippen molar-refractivity contribution in [3.05, 3.63) is 65.1 Å². The predicted molar refractivity (Wildman–Crippen MR) is 112 cm³/mol. The Morgan fingerprint density at radius 2 is 1.79 bits per heavy atom. The van der Waals surface area contributed by atoms with Crippen LogP contribution in [0, 0.1) is 12.7 Å². The van der Waals surface area contributed by atoms with E-state index in [1.165, 1.54) is 13.0 Å². The maximum atomic E-state index is 14.4. The molecule has 1 fully saturated rings. The van der Waals surface area contributed by atoms with Crippen molar-refractivity contribution in [3.8, 4) is 0 Å². The molecule has 2 heterocycles. The second-order valence-electron chi connectivity index (χ2n) is 7.54. The summed E-state index contributed by atoms with van der Waals surface area (Å²) in [6, 6.07) is 12.6. The van der Waals surface area contributed by atoms with E-state index in [0.29, 0.717) is 43.9 Å². The number of nitrogens with one attached hydrogen (secondary N) is 1. The number of aromatic amines is 1. The van der Waals surface area contributed by atoms with Crippen LogP contribution in [0.1, 0.15) is 28.5 Å². The van der Waals surface area contributed by atoms with Gasteiger partial charge in [0.25, 0.3) is 0 Å². The zero-order chi connectivity index (χ0) is 20.5. The van der Waals surface area contributed by atoms with Crippen LogP contribution in [0.3, 0.4) is 0 Å². The third-order valence-corrected chi connectivity index (χ3v) is 5.68. The molecule has 0 spiro atoms. The third kappa shape index (κ3) is 3.75. The van der Waals surface area contributed by atoms with E-state index in [0.717, 1.165) is 22.2 Å². The van der Waals surface area contributed by atoms with Crippen molar-refractivity contribution in [2.45, 2.75) is 20.3 Å². The number of halogens is 1. The molecule has 0 unspecified atom stereocenters. The summed E-state index contributed by atoms with van der Waals surface area (Å²) in [5, 5.41) is 1.09. The Morgan fingerprint density at radius 3 is 2.48 bits per heavy atom. The largest absolute Gasteiger partial charge is 0.366 e. The monoisotopic (exact) mass is 393 g/mol. The standard InChI is InChI=1S/C23H24FN3O2/c1-15-19(18-5-3-4-6-21(18)25-15)14-23(29)27-11-9-26(10-12-27)22-8-7-17(16(2)28)13-20(22)24/h3-8,13,25H,9-12,14H2,1-2H3. The number of aromatic nitrogens is 1. The fourth-order valence-electron chi connectivity index (χ4n) is 4.00. The van der Waals surface area contributed by atoms with E-state index >= 15 is 0 Å². The van der Waals surface area contributed by atoms with Gasteiger partial charge < -0.3 is 14.8 Å². The van der Waals surface area contributed by atoms with Crippen LogP contribution in [-0.4, -0.2) is 47.8 Å². The summed E-state index contributed by atoms with van der Waals surface area (Å²) in [6.07, 6.45) is 0.359. The summed E-state index contributed by atoms with van der Waals surface area (Å²) < 4.78 is 14.4. The highest BCUT2D eigenvalue weighted by atomic mass is 19.1. The van der Waals surface area contributed by atoms with Crippen LogP contribution in [-0.2, 0) is 11.2 Å². The van der Waals surface area contributed by atoms with Crippen LogP contribution < -0.4 is 4.90 Å². The molecular formula is C23H24FN3O2. The topological polar surface area (TPSA) is 56.4 Å². The molecule has 2 aromatic carbocycles. The highest BCUT2D eigenvalue weighted by molar-refractivity contribution is 5.94. The number of Topliss-reactive ketones (excluding diaryl/α,β-unsaturated/α-hetero) is 1. The number of fused-ring (bicyclic) bond motifs is 1. The molecule has 0 radical (unpaired) electrons. The first-order valence-electron chi connectivity index (χ1n) is 9.83. The van der Waals surface area contributed by atoms with Crippen LogP contribution in [0.4, 0.5) is 10.1 Å².